The van der Waals surface area contributed by atoms with Crippen molar-refractivity contribution in [2.45, 2.75) is 13.3 Å². The summed E-state index contributed by atoms with van der Waals surface area (Å²) in [4.78, 5) is 18.3. The Kier molecular flexibility index (Phi) is 4.89. The van der Waals surface area contributed by atoms with Crippen LogP contribution in [0.15, 0.2) is 12.3 Å². The average molecular weight is 280 g/mol. The minimum atomic E-state index is -0.507. The lowest BCUT2D eigenvalue weighted by Gasteiger charge is -2.14. The maximum absolute atomic E-state index is 13.2. The second kappa shape index (κ2) is 6.65. The predicted molar refractivity (Wildman–Crippen MR) is 76.3 cm³/mol. The Morgan fingerprint density at radius 3 is 3.05 bits per heavy atom. The van der Waals surface area contributed by atoms with Gasteiger partial charge in [-0.05, 0) is 31.5 Å². The maximum atomic E-state index is 13.2. The number of carbonyl (C=O) groups excluding carboxylic acids is 1. The number of aromatic nitrogens is 1. The Morgan fingerprint density at radius 1 is 1.60 bits per heavy atom. The van der Waals surface area contributed by atoms with Crippen LogP contribution in [0.4, 0.5) is 10.2 Å². The van der Waals surface area contributed by atoms with Crippen LogP contribution >= 0.6 is 0 Å². The Balaban J connectivity index is 1.93. The monoisotopic (exact) mass is 280 g/mol. The quantitative estimate of drug-likeness (QED) is 0.854. The normalized spacial score (nSPS) is 19.1. The molecule has 0 aliphatic carbocycles. The number of rotatable bonds is 5. The minimum absolute atomic E-state index is 0.248. The van der Waals surface area contributed by atoms with E-state index in [4.69, 9.17) is 0 Å². The molecule has 2 rings (SSSR count). The second-order valence-electron chi connectivity index (χ2n) is 5.06. The fraction of sp³-hybridized carbons (Fsp3) is 0.571. The number of halogens is 1. The molecule has 2 N–H and O–H groups in total. The average Bonchev–Trinajstić information content (AvgIpc) is 2.92. The molecule has 20 heavy (non-hydrogen) atoms. The first-order valence-electron chi connectivity index (χ1n) is 6.98. The van der Waals surface area contributed by atoms with Crippen molar-refractivity contribution in [1.29, 1.82) is 0 Å². The molecular formula is C14H21FN4O. The highest BCUT2D eigenvalue weighted by atomic mass is 19.1. The van der Waals surface area contributed by atoms with E-state index >= 15 is 0 Å². The zero-order valence-corrected chi connectivity index (χ0v) is 11.9. The number of pyridine rings is 1. The number of nitrogens with zero attached hydrogens (tertiary/aromatic N) is 2. The number of nitrogens with one attached hydrogen (secondary N) is 2. The van der Waals surface area contributed by atoms with Gasteiger partial charge in [-0.25, -0.2) is 9.37 Å². The van der Waals surface area contributed by atoms with Crippen molar-refractivity contribution in [3.05, 3.63) is 23.6 Å². The number of hydrogen-bond acceptors (Lipinski definition) is 4. The lowest BCUT2D eigenvalue weighted by Crippen LogP contribution is -2.31. The van der Waals surface area contributed by atoms with Crippen LogP contribution in [0.25, 0.3) is 0 Å². The predicted octanol–water partition coefficient (Wildman–Crippen LogP) is 1.33. The zero-order chi connectivity index (χ0) is 14.5. The van der Waals surface area contributed by atoms with E-state index < -0.39 is 5.82 Å². The van der Waals surface area contributed by atoms with Crippen LogP contribution in [0.5, 0.6) is 0 Å². The highest BCUT2D eigenvalue weighted by molar-refractivity contribution is 5.98. The lowest BCUT2D eigenvalue weighted by molar-refractivity contribution is 0.0947. The Morgan fingerprint density at radius 2 is 2.40 bits per heavy atom. The molecule has 1 saturated heterocycles. The summed E-state index contributed by atoms with van der Waals surface area (Å²) in [5, 5.41) is 5.68. The third-order valence-corrected chi connectivity index (χ3v) is 3.70. The molecule has 0 spiro atoms. The van der Waals surface area contributed by atoms with Crippen molar-refractivity contribution >= 4 is 11.7 Å². The van der Waals surface area contributed by atoms with Gasteiger partial charge >= 0.3 is 0 Å². The van der Waals surface area contributed by atoms with E-state index in [2.05, 4.69) is 27.4 Å². The molecule has 0 radical (unpaired) electrons. The van der Waals surface area contributed by atoms with Gasteiger partial charge in [0.05, 0.1) is 11.8 Å². The van der Waals surface area contributed by atoms with Gasteiger partial charge in [0, 0.05) is 20.1 Å². The SMILES string of the molecule is CCN1CCC(CNC(=O)c2cc(F)cnc2NC)C1. The number of likely N-dealkylation sites (tertiary alicyclic amines) is 1. The molecule has 1 fully saturated rings. The van der Waals surface area contributed by atoms with E-state index in [1.165, 1.54) is 6.07 Å². The fourth-order valence-electron chi connectivity index (χ4n) is 2.51. The molecule has 1 aromatic rings. The molecule has 110 valence electrons. The van der Waals surface area contributed by atoms with Gasteiger partial charge in [0.1, 0.15) is 11.6 Å². The van der Waals surface area contributed by atoms with Crippen molar-refractivity contribution in [2.24, 2.45) is 5.92 Å². The smallest absolute Gasteiger partial charge is 0.255 e. The molecule has 6 heteroatoms. The summed E-state index contributed by atoms with van der Waals surface area (Å²) in [6.07, 6.45) is 2.19. The lowest BCUT2D eigenvalue weighted by atomic mass is 10.1. The molecule has 5 nitrogen and oxygen atoms in total. The highest BCUT2D eigenvalue weighted by Crippen LogP contribution is 2.16. The summed E-state index contributed by atoms with van der Waals surface area (Å²) in [6.45, 7) is 5.90. The Labute approximate surface area is 118 Å². The fourth-order valence-corrected chi connectivity index (χ4v) is 2.51. The van der Waals surface area contributed by atoms with Crippen molar-refractivity contribution < 1.29 is 9.18 Å². The molecular weight excluding hydrogens is 259 g/mol. The van der Waals surface area contributed by atoms with Gasteiger partial charge in [-0.3, -0.25) is 4.79 Å². The second-order valence-corrected chi connectivity index (χ2v) is 5.06. The Hall–Kier alpha value is -1.69. The van der Waals surface area contributed by atoms with Gasteiger partial charge in [0.2, 0.25) is 0 Å². The summed E-state index contributed by atoms with van der Waals surface area (Å²) >= 11 is 0. The molecule has 0 bridgehead atoms. The number of carbonyl (C=O) groups is 1. The molecule has 0 saturated carbocycles. The minimum Gasteiger partial charge on any atom is -0.372 e. The molecule has 1 amide bonds. The molecule has 1 aliphatic rings. The van der Waals surface area contributed by atoms with Crippen LogP contribution < -0.4 is 10.6 Å². The molecule has 1 unspecified atom stereocenters. The molecule has 1 atom stereocenters. The molecule has 1 aliphatic heterocycles. The molecule has 2 heterocycles. The maximum Gasteiger partial charge on any atom is 0.255 e. The van der Waals surface area contributed by atoms with Gasteiger partial charge in [0.25, 0.3) is 5.91 Å². The van der Waals surface area contributed by atoms with E-state index in [9.17, 15) is 9.18 Å². The first-order valence-corrected chi connectivity index (χ1v) is 6.98. The van der Waals surface area contributed by atoms with Crippen LogP contribution in [0, 0.1) is 11.7 Å². The van der Waals surface area contributed by atoms with Gasteiger partial charge < -0.3 is 15.5 Å². The van der Waals surface area contributed by atoms with E-state index in [0.29, 0.717) is 18.3 Å². The van der Waals surface area contributed by atoms with Crippen LogP contribution in [0.1, 0.15) is 23.7 Å². The van der Waals surface area contributed by atoms with Crippen molar-refractivity contribution in [3.63, 3.8) is 0 Å². The summed E-state index contributed by atoms with van der Waals surface area (Å²) < 4.78 is 13.2. The molecule has 1 aromatic heterocycles. The zero-order valence-electron chi connectivity index (χ0n) is 11.9. The largest absolute Gasteiger partial charge is 0.372 e. The number of amides is 1. The highest BCUT2D eigenvalue weighted by Gasteiger charge is 2.22. The summed E-state index contributed by atoms with van der Waals surface area (Å²) in [5.74, 6) is 0.0763. The van der Waals surface area contributed by atoms with Crippen LogP contribution in [0.2, 0.25) is 0 Å². The number of hydrogen-bond donors (Lipinski definition) is 2. The van der Waals surface area contributed by atoms with Gasteiger partial charge in [0.15, 0.2) is 0 Å². The first kappa shape index (κ1) is 14.7. The van der Waals surface area contributed by atoms with E-state index in [0.717, 1.165) is 32.3 Å². The first-order chi connectivity index (χ1) is 9.63. The summed E-state index contributed by atoms with van der Waals surface area (Å²) in [6, 6.07) is 1.21. The van der Waals surface area contributed by atoms with Crippen LogP contribution in [-0.2, 0) is 0 Å². The van der Waals surface area contributed by atoms with Crippen molar-refractivity contribution in [3.8, 4) is 0 Å². The van der Waals surface area contributed by atoms with Crippen LogP contribution in [-0.4, -0.2) is 49.0 Å². The van der Waals surface area contributed by atoms with E-state index in [-0.39, 0.29) is 11.5 Å². The van der Waals surface area contributed by atoms with Crippen LogP contribution in [0.3, 0.4) is 0 Å². The standard InChI is InChI=1S/C14H21FN4O/c1-3-19-5-4-10(9-19)7-18-14(20)12-6-11(15)8-17-13(12)16-2/h6,8,10H,3-5,7,9H2,1-2H3,(H,16,17)(H,18,20). The topological polar surface area (TPSA) is 57.3 Å². The number of anilines is 1. The van der Waals surface area contributed by atoms with E-state index in [1.807, 2.05) is 0 Å². The summed E-state index contributed by atoms with van der Waals surface area (Å²) in [5.41, 5.74) is 0.248. The Bertz CT molecular complexity index is 480. The van der Waals surface area contributed by atoms with Crippen molar-refractivity contribution in [2.75, 3.05) is 38.5 Å². The summed E-state index contributed by atoms with van der Waals surface area (Å²) in [7, 11) is 1.66. The van der Waals surface area contributed by atoms with Gasteiger partial charge in [-0.15, -0.1) is 0 Å². The van der Waals surface area contributed by atoms with Gasteiger partial charge in [-0.1, -0.05) is 6.92 Å². The molecule has 0 aromatic carbocycles. The van der Waals surface area contributed by atoms with E-state index in [1.54, 1.807) is 7.05 Å². The van der Waals surface area contributed by atoms with Gasteiger partial charge in [-0.2, -0.15) is 0 Å². The van der Waals surface area contributed by atoms with Crippen molar-refractivity contribution in [1.82, 2.24) is 15.2 Å². The third kappa shape index (κ3) is 3.45. The third-order valence-electron chi connectivity index (χ3n) is 3.70.